The van der Waals surface area contributed by atoms with Crippen molar-refractivity contribution in [3.8, 4) is 0 Å². The van der Waals surface area contributed by atoms with Crippen molar-refractivity contribution in [3.63, 3.8) is 0 Å². The van der Waals surface area contributed by atoms with Crippen molar-refractivity contribution in [2.45, 2.75) is 83.7 Å². The molecule has 0 amide bonds. The van der Waals surface area contributed by atoms with E-state index in [9.17, 15) is 9.32 Å². The van der Waals surface area contributed by atoms with Crippen molar-refractivity contribution in [1.29, 1.82) is 0 Å². The number of aryl methyl sites for hydroxylation is 1. The van der Waals surface area contributed by atoms with Gasteiger partial charge in [-0.1, -0.05) is 58.4 Å². The van der Waals surface area contributed by atoms with Crippen molar-refractivity contribution >= 4 is 19.1 Å². The Morgan fingerprint density at radius 2 is 1.65 bits per heavy atom. The van der Waals surface area contributed by atoms with Crippen LogP contribution >= 0.6 is 0 Å². The lowest BCUT2D eigenvalue weighted by Crippen LogP contribution is -2.46. The van der Waals surface area contributed by atoms with E-state index in [0.29, 0.717) is 9.80 Å². The second-order valence-corrected chi connectivity index (χ2v) is 15.2. The Bertz CT molecular complexity index is 642. The molecule has 0 heterocycles. The molecule has 1 aromatic carbocycles. The maximum absolute atomic E-state index is 13.1. The van der Waals surface area contributed by atoms with Gasteiger partial charge < -0.3 is 9.53 Å². The van der Waals surface area contributed by atoms with Gasteiger partial charge in [-0.3, -0.25) is 0 Å². The molecule has 3 atom stereocenters. The first-order chi connectivity index (χ1) is 11.8. The summed E-state index contributed by atoms with van der Waals surface area (Å²) in [5, 5.41) is 11.0. The molecule has 26 heavy (non-hydrogen) atoms. The van der Waals surface area contributed by atoms with Gasteiger partial charge in [-0.25, -0.2) is 4.21 Å². The summed E-state index contributed by atoms with van der Waals surface area (Å²) < 4.78 is 19.5. The largest absolute Gasteiger partial charge is 0.411 e. The lowest BCUT2D eigenvalue weighted by molar-refractivity contribution is 0.0663. The summed E-state index contributed by atoms with van der Waals surface area (Å²) in [4.78, 5) is 1.25. The second-order valence-electron chi connectivity index (χ2n) is 8.92. The van der Waals surface area contributed by atoms with E-state index in [1.807, 2.05) is 58.0 Å². The molecule has 0 bridgehead atoms. The van der Waals surface area contributed by atoms with Crippen LogP contribution in [0.2, 0.25) is 18.1 Å². The first-order valence-corrected chi connectivity index (χ1v) is 13.4. The van der Waals surface area contributed by atoms with E-state index in [0.717, 1.165) is 5.56 Å². The second kappa shape index (κ2) is 8.96. The van der Waals surface area contributed by atoms with Gasteiger partial charge in [-0.05, 0) is 50.0 Å². The molecule has 1 aromatic rings. The topological polar surface area (TPSA) is 46.5 Å². The Hall–Kier alpha value is -0.753. The van der Waals surface area contributed by atoms with E-state index in [1.54, 1.807) is 0 Å². The molecule has 0 aliphatic rings. The summed E-state index contributed by atoms with van der Waals surface area (Å²) >= 11 is 0. The summed E-state index contributed by atoms with van der Waals surface area (Å²) in [6, 6.07) is 7.63. The Balaban J connectivity index is 3.13. The van der Waals surface area contributed by atoms with Gasteiger partial charge in [0.05, 0.1) is 16.9 Å². The fraction of sp³-hybridized carbons (Fsp3) is 0.619. The minimum atomic E-state index is -2.02. The van der Waals surface area contributed by atoms with Crippen LogP contribution in [0.1, 0.15) is 47.1 Å². The van der Waals surface area contributed by atoms with Gasteiger partial charge >= 0.3 is 0 Å². The lowest BCUT2D eigenvalue weighted by Gasteiger charge is -2.39. The summed E-state index contributed by atoms with van der Waals surface area (Å²) in [5.74, 6) is 0.189. The predicted octanol–water partition coefficient (Wildman–Crippen LogP) is 5.41. The molecular formula is C21H36O3SSi. The smallest absolute Gasteiger partial charge is 0.192 e. The molecular weight excluding hydrogens is 360 g/mol. The molecule has 0 radical (unpaired) electrons. The van der Waals surface area contributed by atoms with Gasteiger partial charge in [-0.2, -0.15) is 0 Å². The number of aliphatic hydroxyl groups excluding tert-OH is 1. The Kier molecular flexibility index (Phi) is 8.02. The quantitative estimate of drug-likeness (QED) is 0.627. The monoisotopic (exact) mass is 396 g/mol. The van der Waals surface area contributed by atoms with Gasteiger partial charge in [0, 0.05) is 9.80 Å². The molecule has 1 N–H and O–H groups in total. The van der Waals surface area contributed by atoms with Crippen LogP contribution in [0.25, 0.3) is 0 Å². The first kappa shape index (κ1) is 23.3. The number of hydrogen-bond donors (Lipinski definition) is 1. The van der Waals surface area contributed by atoms with Crippen LogP contribution in [-0.4, -0.2) is 29.8 Å². The Morgan fingerprint density at radius 1 is 1.15 bits per heavy atom. The SMILES string of the molecule is Cc1ccc([S@](=O)/C(=C/C(C)C)[C@H](O)[C@H](C)O[Si](C)(C)C(C)(C)C)cc1. The normalized spacial score (nSPS) is 17.3. The summed E-state index contributed by atoms with van der Waals surface area (Å²) in [7, 11) is -3.43. The van der Waals surface area contributed by atoms with Crippen molar-refractivity contribution in [3.05, 3.63) is 40.8 Å². The molecule has 0 aliphatic heterocycles. The van der Waals surface area contributed by atoms with Crippen LogP contribution in [0.5, 0.6) is 0 Å². The number of aliphatic hydroxyl groups is 1. The van der Waals surface area contributed by atoms with E-state index < -0.39 is 31.3 Å². The van der Waals surface area contributed by atoms with Crippen molar-refractivity contribution < 1.29 is 13.7 Å². The standard InChI is InChI=1S/C21H36O3SSi/c1-15(2)14-19(25(23)18-12-10-16(3)11-13-18)20(22)17(4)24-26(8,9)21(5,6)7/h10-15,17,20,22H,1-9H3/b19-14+/t17-,20+,25-/m0/s1. The fourth-order valence-electron chi connectivity index (χ4n) is 2.33. The third-order valence-corrected chi connectivity index (χ3v) is 11.0. The predicted molar refractivity (Wildman–Crippen MR) is 114 cm³/mol. The summed E-state index contributed by atoms with van der Waals surface area (Å²) in [6.07, 6.45) is 0.607. The summed E-state index contributed by atoms with van der Waals surface area (Å²) in [5.41, 5.74) is 1.12. The van der Waals surface area contributed by atoms with Crippen LogP contribution in [0.15, 0.2) is 40.1 Å². The number of hydrogen-bond acceptors (Lipinski definition) is 3. The van der Waals surface area contributed by atoms with Crippen LogP contribution in [-0.2, 0) is 15.2 Å². The van der Waals surface area contributed by atoms with E-state index >= 15 is 0 Å². The van der Waals surface area contributed by atoms with Gasteiger partial charge in [0.1, 0.15) is 6.10 Å². The lowest BCUT2D eigenvalue weighted by atomic mass is 10.1. The average Bonchev–Trinajstić information content (AvgIpc) is 2.50. The maximum Gasteiger partial charge on any atom is 0.192 e. The highest BCUT2D eigenvalue weighted by molar-refractivity contribution is 7.89. The fourth-order valence-corrected chi connectivity index (χ4v) is 5.21. The molecule has 1 rings (SSSR count). The van der Waals surface area contributed by atoms with Crippen LogP contribution in [0.4, 0.5) is 0 Å². The van der Waals surface area contributed by atoms with Crippen LogP contribution in [0.3, 0.4) is 0 Å². The Labute approximate surface area is 163 Å². The van der Waals surface area contributed by atoms with Gasteiger partial charge in [0.25, 0.3) is 0 Å². The van der Waals surface area contributed by atoms with Gasteiger partial charge in [-0.15, -0.1) is 0 Å². The zero-order valence-electron chi connectivity index (χ0n) is 17.8. The number of allylic oxidation sites excluding steroid dienone is 1. The average molecular weight is 397 g/mol. The highest BCUT2D eigenvalue weighted by Gasteiger charge is 2.40. The number of benzene rings is 1. The first-order valence-electron chi connectivity index (χ1n) is 9.32. The van der Waals surface area contributed by atoms with Gasteiger partial charge in [0.15, 0.2) is 8.32 Å². The molecule has 0 spiro atoms. The van der Waals surface area contributed by atoms with Crippen LogP contribution in [0, 0.1) is 12.8 Å². The molecule has 148 valence electrons. The molecule has 3 nitrogen and oxygen atoms in total. The van der Waals surface area contributed by atoms with Crippen molar-refractivity contribution in [2.24, 2.45) is 5.92 Å². The highest BCUT2D eigenvalue weighted by atomic mass is 32.2. The third kappa shape index (κ3) is 6.15. The van der Waals surface area contributed by atoms with E-state index in [1.165, 1.54) is 0 Å². The molecule has 0 saturated carbocycles. The zero-order chi connectivity index (χ0) is 20.3. The molecule has 0 saturated heterocycles. The molecule has 0 aromatic heterocycles. The van der Waals surface area contributed by atoms with E-state index in [4.69, 9.17) is 4.43 Å². The van der Waals surface area contributed by atoms with Gasteiger partial charge in [0.2, 0.25) is 0 Å². The maximum atomic E-state index is 13.1. The van der Waals surface area contributed by atoms with E-state index in [2.05, 4.69) is 33.9 Å². The minimum Gasteiger partial charge on any atom is -0.411 e. The zero-order valence-corrected chi connectivity index (χ0v) is 19.6. The Morgan fingerprint density at radius 3 is 2.08 bits per heavy atom. The molecule has 5 heteroatoms. The highest BCUT2D eigenvalue weighted by Crippen LogP contribution is 2.38. The van der Waals surface area contributed by atoms with E-state index in [-0.39, 0.29) is 11.0 Å². The van der Waals surface area contributed by atoms with Crippen molar-refractivity contribution in [1.82, 2.24) is 0 Å². The van der Waals surface area contributed by atoms with Crippen LogP contribution < -0.4 is 0 Å². The molecule has 0 aliphatic carbocycles. The molecule has 0 unspecified atom stereocenters. The number of rotatable bonds is 7. The summed E-state index contributed by atoms with van der Waals surface area (Å²) in [6.45, 7) is 18.8. The minimum absolute atomic E-state index is 0.0546. The van der Waals surface area contributed by atoms with Crippen molar-refractivity contribution in [2.75, 3.05) is 0 Å². The molecule has 0 fully saturated rings. The third-order valence-electron chi connectivity index (χ3n) is 4.97.